The molecule has 1 aromatic rings. The van der Waals surface area contributed by atoms with Crippen LogP contribution in [-0.2, 0) is 5.41 Å². The van der Waals surface area contributed by atoms with Crippen LogP contribution in [-0.4, -0.2) is 12.1 Å². The second-order valence-electron chi connectivity index (χ2n) is 4.06. The van der Waals surface area contributed by atoms with Crippen LogP contribution < -0.4 is 4.74 Å². The highest BCUT2D eigenvalue weighted by Gasteiger charge is 2.22. The third-order valence-electron chi connectivity index (χ3n) is 1.83. The fourth-order valence-corrected chi connectivity index (χ4v) is 1.28. The van der Waals surface area contributed by atoms with Gasteiger partial charge in [-0.05, 0) is 0 Å². The Balaban J connectivity index is 3.35. The number of aromatic nitrogens is 1. The Labute approximate surface area is 88.1 Å². The predicted octanol–water partition coefficient (Wildman–Crippen LogP) is 3.18. The summed E-state index contributed by atoms with van der Waals surface area (Å²) in [6, 6.07) is 1.26. The lowest BCUT2D eigenvalue weighted by Crippen LogP contribution is -2.15. The van der Waals surface area contributed by atoms with E-state index in [0.717, 1.165) is 0 Å². The molecule has 0 aromatic carbocycles. The Kier molecular flexibility index (Phi) is 3.00. The lowest BCUT2D eigenvalue weighted by atomic mass is 9.91. The summed E-state index contributed by atoms with van der Waals surface area (Å²) in [6.07, 6.45) is 0. The summed E-state index contributed by atoms with van der Waals surface area (Å²) >= 11 is 5.61. The largest absolute Gasteiger partial charge is 0.495 e. The summed E-state index contributed by atoms with van der Waals surface area (Å²) in [5.41, 5.74) is 0.439. The zero-order valence-electron chi connectivity index (χ0n) is 8.69. The monoisotopic (exact) mass is 217 g/mol. The Bertz CT molecular complexity index is 347. The van der Waals surface area contributed by atoms with Crippen LogP contribution in [0, 0.1) is 5.82 Å². The maximum Gasteiger partial charge on any atom is 0.165 e. The minimum atomic E-state index is -0.559. The molecule has 0 spiro atoms. The van der Waals surface area contributed by atoms with E-state index in [1.165, 1.54) is 13.2 Å². The smallest absolute Gasteiger partial charge is 0.165 e. The molecule has 78 valence electrons. The van der Waals surface area contributed by atoms with Gasteiger partial charge in [-0.25, -0.2) is 9.37 Å². The molecule has 0 bridgehead atoms. The number of rotatable bonds is 1. The van der Waals surface area contributed by atoms with Gasteiger partial charge in [0.25, 0.3) is 0 Å². The molecule has 0 saturated heterocycles. The highest BCUT2D eigenvalue weighted by atomic mass is 35.5. The molecule has 0 aliphatic carbocycles. The third kappa shape index (κ3) is 2.15. The lowest BCUT2D eigenvalue weighted by Gasteiger charge is -2.20. The van der Waals surface area contributed by atoms with Crippen LogP contribution in [0.4, 0.5) is 4.39 Å². The number of pyridine rings is 1. The molecule has 4 heteroatoms. The zero-order valence-corrected chi connectivity index (χ0v) is 9.44. The molecule has 0 unspecified atom stereocenters. The molecule has 0 fully saturated rings. The van der Waals surface area contributed by atoms with E-state index in [2.05, 4.69) is 4.98 Å². The van der Waals surface area contributed by atoms with Gasteiger partial charge in [-0.15, -0.1) is 0 Å². The van der Waals surface area contributed by atoms with Gasteiger partial charge < -0.3 is 4.74 Å². The fourth-order valence-electron chi connectivity index (χ4n) is 1.14. The molecule has 0 saturated carbocycles. The van der Waals surface area contributed by atoms with Crippen LogP contribution in [0.5, 0.6) is 5.75 Å². The van der Waals surface area contributed by atoms with Gasteiger partial charge in [-0.1, -0.05) is 32.4 Å². The van der Waals surface area contributed by atoms with Crippen molar-refractivity contribution in [2.45, 2.75) is 26.2 Å². The molecular weight excluding hydrogens is 205 g/mol. The Morgan fingerprint density at radius 3 is 2.43 bits per heavy atom. The fraction of sp³-hybridized carbons (Fsp3) is 0.500. The van der Waals surface area contributed by atoms with Crippen molar-refractivity contribution in [3.63, 3.8) is 0 Å². The third-order valence-corrected chi connectivity index (χ3v) is 2.09. The first-order chi connectivity index (χ1) is 6.36. The summed E-state index contributed by atoms with van der Waals surface area (Å²) < 4.78 is 18.1. The number of halogens is 2. The van der Waals surface area contributed by atoms with Crippen LogP contribution >= 0.6 is 11.6 Å². The maximum atomic E-state index is 13.1. The lowest BCUT2D eigenvalue weighted by molar-refractivity contribution is 0.387. The van der Waals surface area contributed by atoms with Gasteiger partial charge in [0, 0.05) is 11.5 Å². The van der Waals surface area contributed by atoms with Crippen molar-refractivity contribution in [2.24, 2.45) is 0 Å². The Hall–Kier alpha value is -0.830. The zero-order chi connectivity index (χ0) is 10.9. The summed E-state index contributed by atoms with van der Waals surface area (Å²) in [5.74, 6) is -0.129. The molecule has 0 radical (unpaired) electrons. The van der Waals surface area contributed by atoms with Crippen LogP contribution in [0.1, 0.15) is 26.5 Å². The molecule has 14 heavy (non-hydrogen) atoms. The quantitative estimate of drug-likeness (QED) is 0.674. The van der Waals surface area contributed by atoms with Crippen LogP contribution in [0.3, 0.4) is 0 Å². The SMILES string of the molecule is COc1cc(F)c(Cl)nc1C(C)(C)C. The van der Waals surface area contributed by atoms with Crippen molar-refractivity contribution in [1.82, 2.24) is 4.98 Å². The molecular formula is C10H13ClFNO. The second kappa shape index (κ2) is 3.73. The summed E-state index contributed by atoms with van der Waals surface area (Å²) in [7, 11) is 1.49. The van der Waals surface area contributed by atoms with Gasteiger partial charge in [-0.2, -0.15) is 0 Å². The minimum absolute atomic E-state index is 0.115. The van der Waals surface area contributed by atoms with Crippen LogP contribution in [0.25, 0.3) is 0 Å². The van der Waals surface area contributed by atoms with Crippen molar-refractivity contribution in [3.05, 3.63) is 22.7 Å². The number of hydrogen-bond donors (Lipinski definition) is 0. The molecule has 0 amide bonds. The average Bonchev–Trinajstić information content (AvgIpc) is 2.07. The molecule has 1 heterocycles. The van der Waals surface area contributed by atoms with Gasteiger partial charge in [0.1, 0.15) is 5.75 Å². The van der Waals surface area contributed by atoms with Crippen molar-refractivity contribution in [3.8, 4) is 5.75 Å². The second-order valence-corrected chi connectivity index (χ2v) is 4.42. The average molecular weight is 218 g/mol. The molecule has 1 aromatic heterocycles. The van der Waals surface area contributed by atoms with Crippen molar-refractivity contribution < 1.29 is 9.13 Å². The van der Waals surface area contributed by atoms with E-state index < -0.39 is 5.82 Å². The molecule has 0 aliphatic heterocycles. The van der Waals surface area contributed by atoms with Crippen LogP contribution in [0.15, 0.2) is 6.07 Å². The minimum Gasteiger partial charge on any atom is -0.495 e. The first kappa shape index (κ1) is 11.2. The van der Waals surface area contributed by atoms with Crippen molar-refractivity contribution >= 4 is 11.6 Å². The van der Waals surface area contributed by atoms with E-state index in [0.29, 0.717) is 11.4 Å². The van der Waals surface area contributed by atoms with Gasteiger partial charge in [0.15, 0.2) is 11.0 Å². The normalized spacial score (nSPS) is 11.6. The number of methoxy groups -OCH3 is 1. The Morgan fingerprint density at radius 2 is 2.00 bits per heavy atom. The van der Waals surface area contributed by atoms with Gasteiger partial charge in [0.2, 0.25) is 0 Å². The van der Waals surface area contributed by atoms with Gasteiger partial charge >= 0.3 is 0 Å². The predicted molar refractivity (Wildman–Crippen MR) is 54.5 cm³/mol. The molecule has 0 aliphatic rings. The molecule has 0 N–H and O–H groups in total. The van der Waals surface area contributed by atoms with Gasteiger partial charge in [-0.3, -0.25) is 0 Å². The van der Waals surface area contributed by atoms with Crippen molar-refractivity contribution in [2.75, 3.05) is 7.11 Å². The van der Waals surface area contributed by atoms with E-state index in [9.17, 15) is 4.39 Å². The number of hydrogen-bond acceptors (Lipinski definition) is 2. The number of nitrogens with zero attached hydrogens (tertiary/aromatic N) is 1. The summed E-state index contributed by atoms with van der Waals surface area (Å²) in [4.78, 5) is 3.98. The van der Waals surface area contributed by atoms with E-state index in [-0.39, 0.29) is 10.6 Å². The first-order valence-corrected chi connectivity index (χ1v) is 4.64. The van der Waals surface area contributed by atoms with E-state index >= 15 is 0 Å². The Morgan fingerprint density at radius 1 is 1.43 bits per heavy atom. The molecule has 2 nitrogen and oxygen atoms in total. The highest BCUT2D eigenvalue weighted by molar-refractivity contribution is 6.29. The molecule has 0 atom stereocenters. The van der Waals surface area contributed by atoms with E-state index in [1.807, 2.05) is 20.8 Å². The summed E-state index contributed by atoms with van der Waals surface area (Å²) in [6.45, 7) is 5.89. The number of ether oxygens (including phenoxy) is 1. The topological polar surface area (TPSA) is 22.1 Å². The van der Waals surface area contributed by atoms with E-state index in [4.69, 9.17) is 16.3 Å². The maximum absolute atomic E-state index is 13.1. The van der Waals surface area contributed by atoms with Gasteiger partial charge in [0.05, 0.1) is 12.8 Å². The summed E-state index contributed by atoms with van der Waals surface area (Å²) in [5, 5.41) is -0.115. The molecule has 1 rings (SSSR count). The van der Waals surface area contributed by atoms with E-state index in [1.54, 1.807) is 0 Å². The standard InChI is InChI=1S/C10H13ClFNO/c1-10(2,3)8-7(14-4)5-6(12)9(11)13-8/h5H,1-4H3. The first-order valence-electron chi connectivity index (χ1n) is 4.26. The van der Waals surface area contributed by atoms with Crippen LogP contribution in [0.2, 0.25) is 5.15 Å². The van der Waals surface area contributed by atoms with Crippen molar-refractivity contribution in [1.29, 1.82) is 0 Å². The highest BCUT2D eigenvalue weighted by Crippen LogP contribution is 2.31.